The van der Waals surface area contributed by atoms with Gasteiger partial charge in [0.2, 0.25) is 0 Å². The van der Waals surface area contributed by atoms with Crippen LogP contribution >= 0.6 is 0 Å². The zero-order chi connectivity index (χ0) is 14.1. The third-order valence-corrected chi connectivity index (χ3v) is 3.80. The minimum Gasteiger partial charge on any atom is -0.260 e. The lowest BCUT2D eigenvalue weighted by atomic mass is 9.97. The summed E-state index contributed by atoms with van der Waals surface area (Å²) in [5.74, 6) is -1.24. The molecule has 0 aliphatic heterocycles. The largest absolute Gasteiger partial charge is 0.260 e. The Morgan fingerprint density at radius 2 is 2.00 bits per heavy atom. The Morgan fingerprint density at radius 1 is 1.15 bits per heavy atom. The number of rotatable bonds is 1. The second kappa shape index (κ2) is 5.16. The molecule has 1 unspecified atom stereocenters. The van der Waals surface area contributed by atoms with E-state index in [4.69, 9.17) is 0 Å². The van der Waals surface area contributed by atoms with Crippen LogP contribution in [0.3, 0.4) is 0 Å². The predicted octanol–water partition coefficient (Wildman–Crippen LogP) is 4.80. The number of pyridine rings is 1. The summed E-state index contributed by atoms with van der Waals surface area (Å²) in [7, 11) is 0. The van der Waals surface area contributed by atoms with E-state index in [0.29, 0.717) is 5.92 Å². The molecule has 0 radical (unpaired) electrons. The predicted molar refractivity (Wildman–Crippen MR) is 76.1 cm³/mol. The highest BCUT2D eigenvalue weighted by molar-refractivity contribution is 5.82. The molecule has 1 aromatic heterocycles. The number of hydrogen-bond acceptors (Lipinski definition) is 1. The third-order valence-electron chi connectivity index (χ3n) is 3.80. The fourth-order valence-corrected chi connectivity index (χ4v) is 2.66. The maximum absolute atomic E-state index is 13.4. The summed E-state index contributed by atoms with van der Waals surface area (Å²) < 4.78 is 26.4. The van der Waals surface area contributed by atoms with Crippen LogP contribution in [0.2, 0.25) is 0 Å². The fraction of sp³-hybridized carbons (Fsp3) is 0.235. The summed E-state index contributed by atoms with van der Waals surface area (Å²) in [5, 5.41) is 0. The van der Waals surface area contributed by atoms with Gasteiger partial charge in [0.1, 0.15) is 0 Å². The van der Waals surface area contributed by atoms with Gasteiger partial charge >= 0.3 is 0 Å². The van der Waals surface area contributed by atoms with Gasteiger partial charge in [-0.1, -0.05) is 19.1 Å². The van der Waals surface area contributed by atoms with E-state index in [2.05, 4.69) is 11.9 Å². The fourth-order valence-electron chi connectivity index (χ4n) is 2.66. The lowest BCUT2D eigenvalue weighted by molar-refractivity contribution is 0.508. The molecule has 0 fully saturated rings. The van der Waals surface area contributed by atoms with E-state index in [0.717, 1.165) is 35.2 Å². The van der Waals surface area contributed by atoms with Crippen molar-refractivity contribution in [1.29, 1.82) is 0 Å². The molecule has 2 aromatic rings. The highest BCUT2D eigenvalue weighted by Crippen LogP contribution is 2.34. The maximum Gasteiger partial charge on any atom is 0.159 e. The second-order valence-electron chi connectivity index (χ2n) is 5.22. The van der Waals surface area contributed by atoms with E-state index in [1.165, 1.54) is 12.1 Å². The number of halogens is 2. The first kappa shape index (κ1) is 13.0. The van der Waals surface area contributed by atoms with Gasteiger partial charge in [-0.05, 0) is 59.7 Å². The monoisotopic (exact) mass is 271 g/mol. The zero-order valence-corrected chi connectivity index (χ0v) is 11.2. The van der Waals surface area contributed by atoms with Gasteiger partial charge in [0.05, 0.1) is 5.69 Å². The zero-order valence-electron chi connectivity index (χ0n) is 11.2. The van der Waals surface area contributed by atoms with E-state index in [1.54, 1.807) is 12.3 Å². The first-order chi connectivity index (χ1) is 9.65. The summed E-state index contributed by atoms with van der Waals surface area (Å²) in [4.78, 5) is 4.44. The first-order valence-corrected chi connectivity index (χ1v) is 6.76. The van der Waals surface area contributed by atoms with Crippen molar-refractivity contribution in [2.75, 3.05) is 0 Å². The molecule has 3 rings (SSSR count). The molecular formula is C17H15F2N. The quantitative estimate of drug-likeness (QED) is 0.726. The number of nitrogens with zero attached hydrogens (tertiary/aromatic N) is 1. The van der Waals surface area contributed by atoms with Crippen LogP contribution in [0.4, 0.5) is 8.78 Å². The Morgan fingerprint density at radius 3 is 2.80 bits per heavy atom. The molecule has 0 amide bonds. The van der Waals surface area contributed by atoms with Crippen LogP contribution in [0.1, 0.15) is 42.5 Å². The SMILES string of the molecule is CC1CCC(c2ccc(F)c(F)c2)=Cc2cccnc21. The lowest BCUT2D eigenvalue weighted by Crippen LogP contribution is -1.97. The molecule has 1 nitrogen and oxygen atoms in total. The molecule has 0 saturated heterocycles. The number of fused-ring (bicyclic) bond motifs is 1. The van der Waals surface area contributed by atoms with Gasteiger partial charge in [-0.25, -0.2) is 8.78 Å². The van der Waals surface area contributed by atoms with E-state index < -0.39 is 11.6 Å². The van der Waals surface area contributed by atoms with Gasteiger partial charge in [-0.15, -0.1) is 0 Å². The summed E-state index contributed by atoms with van der Waals surface area (Å²) >= 11 is 0. The van der Waals surface area contributed by atoms with Crippen molar-refractivity contribution in [2.24, 2.45) is 0 Å². The van der Waals surface area contributed by atoms with Gasteiger partial charge in [-0.3, -0.25) is 4.98 Å². The highest BCUT2D eigenvalue weighted by atomic mass is 19.2. The molecule has 0 N–H and O–H groups in total. The van der Waals surface area contributed by atoms with Crippen LogP contribution in [0, 0.1) is 11.6 Å². The normalized spacial score (nSPS) is 18.1. The van der Waals surface area contributed by atoms with Crippen LogP contribution < -0.4 is 0 Å². The summed E-state index contributed by atoms with van der Waals surface area (Å²) in [6.45, 7) is 2.15. The topological polar surface area (TPSA) is 12.9 Å². The van der Waals surface area contributed by atoms with Gasteiger partial charge in [-0.2, -0.15) is 0 Å². The van der Waals surface area contributed by atoms with Crippen molar-refractivity contribution in [1.82, 2.24) is 4.98 Å². The number of benzene rings is 1. The van der Waals surface area contributed by atoms with Crippen LogP contribution in [0.25, 0.3) is 11.6 Å². The number of allylic oxidation sites excluding steroid dienone is 1. The van der Waals surface area contributed by atoms with Crippen molar-refractivity contribution < 1.29 is 8.78 Å². The van der Waals surface area contributed by atoms with Crippen molar-refractivity contribution in [3.63, 3.8) is 0 Å². The maximum atomic E-state index is 13.4. The Balaban J connectivity index is 2.07. The molecule has 0 bridgehead atoms. The molecule has 1 aliphatic carbocycles. The van der Waals surface area contributed by atoms with E-state index >= 15 is 0 Å². The van der Waals surface area contributed by atoms with Crippen molar-refractivity contribution in [3.05, 3.63) is 65.0 Å². The second-order valence-corrected chi connectivity index (χ2v) is 5.22. The van der Waals surface area contributed by atoms with Crippen LogP contribution in [0.5, 0.6) is 0 Å². The van der Waals surface area contributed by atoms with Gasteiger partial charge in [0.15, 0.2) is 11.6 Å². The summed E-state index contributed by atoms with van der Waals surface area (Å²) in [6, 6.07) is 8.01. The van der Waals surface area contributed by atoms with E-state index in [1.807, 2.05) is 18.2 Å². The summed E-state index contributed by atoms with van der Waals surface area (Å²) in [5.41, 5.74) is 3.91. The Labute approximate surface area is 117 Å². The molecule has 3 heteroatoms. The molecule has 1 atom stereocenters. The molecule has 102 valence electrons. The van der Waals surface area contributed by atoms with E-state index in [-0.39, 0.29) is 0 Å². The smallest absolute Gasteiger partial charge is 0.159 e. The Kier molecular flexibility index (Phi) is 3.35. The Bertz CT molecular complexity index is 676. The molecule has 1 aliphatic rings. The minimum absolute atomic E-state index is 0.366. The molecule has 0 spiro atoms. The number of aromatic nitrogens is 1. The molecule has 1 aromatic carbocycles. The minimum atomic E-state index is -0.807. The first-order valence-electron chi connectivity index (χ1n) is 6.76. The molecule has 0 saturated carbocycles. The van der Waals surface area contributed by atoms with Crippen molar-refractivity contribution >= 4 is 11.6 Å². The lowest BCUT2D eigenvalue weighted by Gasteiger charge is -2.09. The standard InChI is InChI=1S/C17H15F2N/c1-11-4-5-12(9-14-3-2-8-20-17(11)14)13-6-7-15(18)16(19)10-13/h2-3,6-11H,4-5H2,1H3. The third kappa shape index (κ3) is 2.36. The Hall–Kier alpha value is -2.03. The average molecular weight is 271 g/mol. The van der Waals surface area contributed by atoms with E-state index in [9.17, 15) is 8.78 Å². The molecule has 20 heavy (non-hydrogen) atoms. The van der Waals surface area contributed by atoms with Gasteiger partial charge < -0.3 is 0 Å². The number of hydrogen-bond donors (Lipinski definition) is 0. The molecular weight excluding hydrogens is 256 g/mol. The van der Waals surface area contributed by atoms with Gasteiger partial charge in [0.25, 0.3) is 0 Å². The van der Waals surface area contributed by atoms with Gasteiger partial charge in [0, 0.05) is 6.20 Å². The van der Waals surface area contributed by atoms with Crippen LogP contribution in [-0.4, -0.2) is 4.98 Å². The summed E-state index contributed by atoms with van der Waals surface area (Å²) in [6.07, 6.45) is 5.63. The van der Waals surface area contributed by atoms with Crippen LogP contribution in [0.15, 0.2) is 36.5 Å². The molecule has 1 heterocycles. The van der Waals surface area contributed by atoms with Crippen molar-refractivity contribution in [2.45, 2.75) is 25.7 Å². The highest BCUT2D eigenvalue weighted by Gasteiger charge is 2.17. The van der Waals surface area contributed by atoms with Crippen LogP contribution in [-0.2, 0) is 0 Å². The van der Waals surface area contributed by atoms with Crippen molar-refractivity contribution in [3.8, 4) is 0 Å². The average Bonchev–Trinajstić information content (AvgIpc) is 2.62.